The van der Waals surface area contributed by atoms with Gasteiger partial charge < -0.3 is 14.9 Å². The molecule has 0 aliphatic rings. The smallest absolute Gasteiger partial charge is 0.308 e. The lowest BCUT2D eigenvalue weighted by Crippen LogP contribution is -2.29. The van der Waals surface area contributed by atoms with Gasteiger partial charge in [0.15, 0.2) is 0 Å². The molecule has 1 aromatic rings. The summed E-state index contributed by atoms with van der Waals surface area (Å²) in [5, 5.41) is 19.6. The third-order valence-corrected chi connectivity index (χ3v) is 4.39. The third kappa shape index (κ3) is 8.44. The highest BCUT2D eigenvalue weighted by atomic mass is 32.2. The van der Waals surface area contributed by atoms with Gasteiger partial charge in [-0.3, -0.25) is 8.98 Å². The highest BCUT2D eigenvalue weighted by molar-refractivity contribution is 7.86. The van der Waals surface area contributed by atoms with Crippen molar-refractivity contribution in [3.63, 3.8) is 0 Å². The molecule has 8 heteroatoms. The number of rotatable bonds is 8. The summed E-state index contributed by atoms with van der Waals surface area (Å²) in [6.45, 7) is 6.43. The summed E-state index contributed by atoms with van der Waals surface area (Å²) < 4.78 is 33.9. The molecule has 0 unspecified atom stereocenters. The summed E-state index contributed by atoms with van der Waals surface area (Å²) in [4.78, 5) is 11.6. The zero-order valence-corrected chi connectivity index (χ0v) is 15.7. The van der Waals surface area contributed by atoms with Crippen LogP contribution < -0.4 is 0 Å². The molecule has 0 saturated carbocycles. The Bertz CT molecular complexity index is 659. The lowest BCUT2D eigenvalue weighted by atomic mass is 10.1. The van der Waals surface area contributed by atoms with Gasteiger partial charge in [0.05, 0.1) is 30.1 Å². The first-order valence-corrected chi connectivity index (χ1v) is 9.34. The van der Waals surface area contributed by atoms with E-state index in [1.165, 1.54) is 12.1 Å². The molecule has 0 fully saturated rings. The maximum absolute atomic E-state index is 12.0. The molecule has 2 N–H and O–H groups in total. The van der Waals surface area contributed by atoms with E-state index in [2.05, 4.69) is 0 Å². The Kier molecular flexibility index (Phi) is 7.55. The Hall–Kier alpha value is -1.48. The van der Waals surface area contributed by atoms with Crippen molar-refractivity contribution in [1.29, 1.82) is 0 Å². The predicted octanol–water partition coefficient (Wildman–Crippen LogP) is 1.54. The average Bonchev–Trinajstić information content (AvgIpc) is 2.43. The average molecular weight is 374 g/mol. The standard InChI is InChI=1S/C17H26O7S/c1-12-5-7-15(8-6-12)25(21,22)23-11-14(19)9-13(18)10-16(20)24-17(2,3)4/h5-8,13-14,18-19H,9-11H2,1-4H3/t13-,14+/m1/s1. The van der Waals surface area contributed by atoms with Crippen molar-refractivity contribution < 1.29 is 32.3 Å². The van der Waals surface area contributed by atoms with Crippen molar-refractivity contribution in [3.8, 4) is 0 Å². The van der Waals surface area contributed by atoms with Crippen LogP contribution in [0.15, 0.2) is 29.2 Å². The molecular weight excluding hydrogens is 348 g/mol. The van der Waals surface area contributed by atoms with Gasteiger partial charge >= 0.3 is 5.97 Å². The highest BCUT2D eigenvalue weighted by Gasteiger charge is 2.23. The molecule has 0 radical (unpaired) electrons. The second kappa shape index (κ2) is 8.75. The Labute approximate surface area is 148 Å². The first kappa shape index (κ1) is 21.6. The number of hydrogen-bond donors (Lipinski definition) is 2. The molecule has 142 valence electrons. The van der Waals surface area contributed by atoms with Crippen molar-refractivity contribution in [1.82, 2.24) is 0 Å². The number of aryl methyl sites for hydroxylation is 1. The van der Waals surface area contributed by atoms with E-state index in [1.807, 2.05) is 6.92 Å². The highest BCUT2D eigenvalue weighted by Crippen LogP contribution is 2.15. The van der Waals surface area contributed by atoms with Crippen LogP contribution in [-0.4, -0.2) is 49.0 Å². The van der Waals surface area contributed by atoms with E-state index in [-0.39, 0.29) is 17.7 Å². The Morgan fingerprint density at radius 3 is 2.20 bits per heavy atom. The minimum absolute atomic E-state index is 0.0143. The number of carbonyl (C=O) groups is 1. The fourth-order valence-electron chi connectivity index (χ4n) is 1.98. The van der Waals surface area contributed by atoms with Crippen molar-refractivity contribution in [2.75, 3.05) is 6.61 Å². The van der Waals surface area contributed by atoms with Crippen LogP contribution in [0.3, 0.4) is 0 Å². The van der Waals surface area contributed by atoms with Crippen molar-refractivity contribution in [3.05, 3.63) is 29.8 Å². The van der Waals surface area contributed by atoms with Crippen molar-refractivity contribution in [2.45, 2.75) is 63.2 Å². The van der Waals surface area contributed by atoms with Gasteiger partial charge in [-0.1, -0.05) is 17.7 Å². The second-order valence-electron chi connectivity index (χ2n) is 6.89. The second-order valence-corrected chi connectivity index (χ2v) is 8.50. The van der Waals surface area contributed by atoms with Crippen LogP contribution in [0.4, 0.5) is 0 Å². The molecule has 0 amide bonds. The van der Waals surface area contributed by atoms with E-state index in [0.717, 1.165) is 5.56 Å². The van der Waals surface area contributed by atoms with Crippen LogP contribution in [0, 0.1) is 6.92 Å². The van der Waals surface area contributed by atoms with Gasteiger partial charge in [-0.05, 0) is 39.8 Å². The molecule has 25 heavy (non-hydrogen) atoms. The van der Waals surface area contributed by atoms with E-state index < -0.39 is 40.5 Å². The molecule has 0 bridgehead atoms. The SMILES string of the molecule is Cc1ccc(S(=O)(=O)OC[C@@H](O)C[C@@H](O)CC(=O)OC(C)(C)C)cc1. The van der Waals surface area contributed by atoms with Crippen LogP contribution in [0.5, 0.6) is 0 Å². The molecule has 2 atom stereocenters. The van der Waals surface area contributed by atoms with Crippen molar-refractivity contribution >= 4 is 16.1 Å². The lowest BCUT2D eigenvalue weighted by molar-refractivity contribution is -0.157. The molecule has 7 nitrogen and oxygen atoms in total. The number of aliphatic hydroxyl groups excluding tert-OH is 2. The number of esters is 1. The molecule has 0 saturated heterocycles. The Morgan fingerprint density at radius 1 is 1.12 bits per heavy atom. The van der Waals surface area contributed by atoms with Gasteiger partial charge in [0.25, 0.3) is 10.1 Å². The minimum Gasteiger partial charge on any atom is -0.460 e. The summed E-state index contributed by atoms with van der Waals surface area (Å²) >= 11 is 0. The van der Waals surface area contributed by atoms with Crippen LogP contribution in [-0.2, 0) is 23.8 Å². The number of aliphatic hydroxyl groups is 2. The molecule has 0 aromatic heterocycles. The summed E-state index contributed by atoms with van der Waals surface area (Å²) in [6, 6.07) is 6.09. The third-order valence-electron chi connectivity index (χ3n) is 3.09. The monoisotopic (exact) mass is 374 g/mol. The van der Waals surface area contributed by atoms with Crippen LogP contribution in [0.25, 0.3) is 0 Å². The summed E-state index contributed by atoms with van der Waals surface area (Å²) in [7, 11) is -3.99. The first-order chi connectivity index (χ1) is 11.4. The zero-order valence-electron chi connectivity index (χ0n) is 14.9. The van der Waals surface area contributed by atoms with E-state index >= 15 is 0 Å². The van der Waals surface area contributed by atoms with E-state index in [0.29, 0.717) is 0 Å². The number of benzene rings is 1. The van der Waals surface area contributed by atoms with Gasteiger partial charge in [0.1, 0.15) is 5.60 Å². The Morgan fingerprint density at radius 2 is 1.68 bits per heavy atom. The van der Waals surface area contributed by atoms with Crippen LogP contribution in [0.1, 0.15) is 39.2 Å². The van der Waals surface area contributed by atoms with Gasteiger partial charge in [-0.25, -0.2) is 0 Å². The Balaban J connectivity index is 2.47. The number of hydrogen-bond acceptors (Lipinski definition) is 7. The predicted molar refractivity (Wildman–Crippen MR) is 91.4 cm³/mol. The quantitative estimate of drug-likeness (QED) is 0.524. The first-order valence-electron chi connectivity index (χ1n) is 7.93. The van der Waals surface area contributed by atoms with Crippen LogP contribution >= 0.6 is 0 Å². The maximum atomic E-state index is 12.0. The molecular formula is C17H26O7S. The number of ether oxygens (including phenoxy) is 1. The van der Waals surface area contributed by atoms with E-state index in [9.17, 15) is 23.4 Å². The van der Waals surface area contributed by atoms with Gasteiger partial charge in [-0.2, -0.15) is 8.42 Å². The summed E-state index contributed by atoms with van der Waals surface area (Å²) in [5.41, 5.74) is 0.241. The fraction of sp³-hybridized carbons (Fsp3) is 0.588. The molecule has 0 spiro atoms. The number of carbonyl (C=O) groups excluding carboxylic acids is 1. The fourth-order valence-corrected chi connectivity index (χ4v) is 2.92. The molecule has 0 aliphatic carbocycles. The van der Waals surface area contributed by atoms with E-state index in [1.54, 1.807) is 32.9 Å². The topological polar surface area (TPSA) is 110 Å². The largest absolute Gasteiger partial charge is 0.460 e. The molecule has 1 aromatic carbocycles. The normalized spacial score (nSPS) is 14.8. The van der Waals surface area contributed by atoms with E-state index in [4.69, 9.17) is 8.92 Å². The van der Waals surface area contributed by atoms with Gasteiger partial charge in [-0.15, -0.1) is 0 Å². The molecule has 0 aliphatic heterocycles. The zero-order chi connectivity index (χ0) is 19.3. The van der Waals surface area contributed by atoms with Gasteiger partial charge in [0.2, 0.25) is 0 Å². The summed E-state index contributed by atoms with van der Waals surface area (Å²) in [6.07, 6.45) is -2.89. The van der Waals surface area contributed by atoms with Crippen molar-refractivity contribution in [2.24, 2.45) is 0 Å². The minimum atomic E-state index is -3.99. The molecule has 0 heterocycles. The summed E-state index contributed by atoms with van der Waals surface area (Å²) in [5.74, 6) is -0.597. The van der Waals surface area contributed by atoms with Gasteiger partial charge in [0, 0.05) is 6.42 Å². The maximum Gasteiger partial charge on any atom is 0.308 e. The molecule has 1 rings (SSSR count). The van der Waals surface area contributed by atoms with Crippen LogP contribution in [0.2, 0.25) is 0 Å². The lowest BCUT2D eigenvalue weighted by Gasteiger charge is -2.21.